The van der Waals surface area contributed by atoms with Crippen LogP contribution >= 0.6 is 46.4 Å². The molecule has 1 atom stereocenters. The molecule has 0 bridgehead atoms. The highest BCUT2D eigenvalue weighted by atomic mass is 35.5. The van der Waals surface area contributed by atoms with E-state index in [2.05, 4.69) is 6.92 Å². The standard InChI is InChI=1S/C10H16Cl4O/c1-2-3-4-5-6-8(11)7-10(13,14)9(12)15/h8H,2-7H2,1H3. The summed E-state index contributed by atoms with van der Waals surface area (Å²) in [4.78, 5) is 10.8. The van der Waals surface area contributed by atoms with Gasteiger partial charge in [-0.05, 0) is 18.0 Å². The molecular formula is C10H16Cl4O. The van der Waals surface area contributed by atoms with Gasteiger partial charge in [0, 0.05) is 11.8 Å². The van der Waals surface area contributed by atoms with Crippen LogP contribution in [-0.2, 0) is 4.79 Å². The number of unbranched alkanes of at least 4 members (excludes halogenated alkanes) is 3. The quantitative estimate of drug-likeness (QED) is 0.354. The van der Waals surface area contributed by atoms with Crippen molar-refractivity contribution in [2.75, 3.05) is 0 Å². The maximum atomic E-state index is 10.8. The summed E-state index contributed by atoms with van der Waals surface area (Å²) in [5.41, 5.74) is 0. The molecule has 0 amide bonds. The van der Waals surface area contributed by atoms with Gasteiger partial charge in [0.2, 0.25) is 0 Å². The van der Waals surface area contributed by atoms with Crippen LogP contribution in [0.1, 0.15) is 45.4 Å². The lowest BCUT2D eigenvalue weighted by atomic mass is 10.1. The van der Waals surface area contributed by atoms with E-state index >= 15 is 0 Å². The van der Waals surface area contributed by atoms with Crippen LogP contribution in [0.15, 0.2) is 0 Å². The van der Waals surface area contributed by atoms with Crippen molar-refractivity contribution in [2.24, 2.45) is 0 Å². The third-order valence-electron chi connectivity index (χ3n) is 2.14. The van der Waals surface area contributed by atoms with Crippen molar-refractivity contribution in [1.82, 2.24) is 0 Å². The second-order valence-electron chi connectivity index (χ2n) is 3.63. The monoisotopic (exact) mass is 292 g/mol. The van der Waals surface area contributed by atoms with Gasteiger partial charge in [-0.15, -0.1) is 11.6 Å². The molecule has 1 unspecified atom stereocenters. The Hall–Kier alpha value is 0.830. The molecule has 0 rings (SSSR count). The summed E-state index contributed by atoms with van der Waals surface area (Å²) in [5, 5.41) is -0.954. The molecule has 0 aliphatic carbocycles. The number of carbonyl (C=O) groups is 1. The maximum absolute atomic E-state index is 10.8. The highest BCUT2D eigenvalue weighted by Gasteiger charge is 2.34. The van der Waals surface area contributed by atoms with Crippen molar-refractivity contribution < 1.29 is 4.79 Å². The lowest BCUT2D eigenvalue weighted by Crippen LogP contribution is -2.25. The number of hydrogen-bond acceptors (Lipinski definition) is 1. The highest BCUT2D eigenvalue weighted by molar-refractivity contribution is 6.78. The number of halogens is 4. The largest absolute Gasteiger partial charge is 0.278 e. The molecule has 0 saturated heterocycles. The Morgan fingerprint density at radius 3 is 2.33 bits per heavy atom. The Kier molecular flexibility index (Phi) is 8.44. The van der Waals surface area contributed by atoms with Crippen LogP contribution in [0.3, 0.4) is 0 Å². The molecule has 0 saturated carbocycles. The van der Waals surface area contributed by atoms with Gasteiger partial charge in [-0.2, -0.15) is 0 Å². The third-order valence-corrected chi connectivity index (χ3v) is 3.68. The van der Waals surface area contributed by atoms with Crippen molar-refractivity contribution in [3.8, 4) is 0 Å². The first-order chi connectivity index (χ1) is 6.90. The van der Waals surface area contributed by atoms with Crippen molar-refractivity contribution in [3.63, 3.8) is 0 Å². The van der Waals surface area contributed by atoms with Gasteiger partial charge in [0.15, 0.2) is 4.33 Å². The summed E-state index contributed by atoms with van der Waals surface area (Å²) in [6.45, 7) is 2.15. The molecule has 0 spiro atoms. The summed E-state index contributed by atoms with van der Waals surface area (Å²) < 4.78 is -1.54. The average Bonchev–Trinajstić information content (AvgIpc) is 2.11. The van der Waals surface area contributed by atoms with E-state index in [-0.39, 0.29) is 11.8 Å². The molecule has 5 heteroatoms. The van der Waals surface area contributed by atoms with Crippen molar-refractivity contribution in [2.45, 2.75) is 55.2 Å². The molecule has 0 radical (unpaired) electrons. The van der Waals surface area contributed by atoms with Gasteiger partial charge in [0.1, 0.15) is 0 Å². The van der Waals surface area contributed by atoms with E-state index in [1.165, 1.54) is 12.8 Å². The van der Waals surface area contributed by atoms with Crippen LogP contribution in [0.4, 0.5) is 0 Å². The number of alkyl halides is 3. The van der Waals surface area contributed by atoms with Gasteiger partial charge in [-0.3, -0.25) is 4.79 Å². The van der Waals surface area contributed by atoms with Crippen molar-refractivity contribution in [1.29, 1.82) is 0 Å². The first-order valence-electron chi connectivity index (χ1n) is 5.12. The third kappa shape index (κ3) is 7.68. The second-order valence-corrected chi connectivity index (χ2v) is 6.07. The van der Waals surface area contributed by atoms with E-state index in [9.17, 15) is 4.79 Å². The van der Waals surface area contributed by atoms with Crippen molar-refractivity contribution in [3.05, 3.63) is 0 Å². The van der Waals surface area contributed by atoms with E-state index in [4.69, 9.17) is 46.4 Å². The SMILES string of the molecule is CCCCCCC(Cl)CC(Cl)(Cl)C(=O)Cl. The lowest BCUT2D eigenvalue weighted by molar-refractivity contribution is -0.112. The molecule has 0 aromatic carbocycles. The fraction of sp³-hybridized carbons (Fsp3) is 0.900. The van der Waals surface area contributed by atoms with E-state index < -0.39 is 9.58 Å². The second kappa shape index (κ2) is 8.00. The van der Waals surface area contributed by atoms with Gasteiger partial charge in [0.25, 0.3) is 5.24 Å². The van der Waals surface area contributed by atoms with Gasteiger partial charge in [-0.1, -0.05) is 55.8 Å². The van der Waals surface area contributed by atoms with Gasteiger partial charge < -0.3 is 0 Å². The van der Waals surface area contributed by atoms with Crippen molar-refractivity contribution >= 4 is 51.6 Å². The minimum Gasteiger partial charge on any atom is -0.278 e. The lowest BCUT2D eigenvalue weighted by Gasteiger charge is -2.18. The summed E-state index contributed by atoms with van der Waals surface area (Å²) >= 11 is 22.7. The molecule has 15 heavy (non-hydrogen) atoms. The van der Waals surface area contributed by atoms with E-state index in [1.807, 2.05) is 0 Å². The Balaban J connectivity index is 3.73. The smallest absolute Gasteiger partial charge is 0.257 e. The van der Waals surface area contributed by atoms with Gasteiger partial charge in [-0.25, -0.2) is 0 Å². The zero-order valence-electron chi connectivity index (χ0n) is 8.74. The van der Waals surface area contributed by atoms with Crippen LogP contribution in [-0.4, -0.2) is 15.0 Å². The fourth-order valence-corrected chi connectivity index (χ4v) is 2.25. The van der Waals surface area contributed by atoms with Gasteiger partial charge >= 0.3 is 0 Å². The summed E-state index contributed by atoms with van der Waals surface area (Å²) in [7, 11) is 0. The topological polar surface area (TPSA) is 17.1 Å². The van der Waals surface area contributed by atoms with E-state index in [0.717, 1.165) is 19.3 Å². The minimum absolute atomic E-state index is 0.195. The van der Waals surface area contributed by atoms with E-state index in [0.29, 0.717) is 0 Å². The summed E-state index contributed by atoms with van der Waals surface area (Å²) in [6.07, 6.45) is 5.57. The van der Waals surface area contributed by atoms with Crippen LogP contribution < -0.4 is 0 Å². The normalized spacial score (nSPS) is 13.9. The Labute approximate surface area is 111 Å². The summed E-state index contributed by atoms with van der Waals surface area (Å²) in [6, 6.07) is 0. The average molecular weight is 294 g/mol. The Morgan fingerprint density at radius 1 is 1.27 bits per heavy atom. The predicted octanol–water partition coefficient (Wildman–Crippen LogP) is 4.89. The molecule has 0 N–H and O–H groups in total. The number of carbonyl (C=O) groups excluding carboxylic acids is 1. The van der Waals surface area contributed by atoms with Crippen LogP contribution in [0.5, 0.6) is 0 Å². The molecular weight excluding hydrogens is 278 g/mol. The first-order valence-corrected chi connectivity index (χ1v) is 6.69. The Bertz CT molecular complexity index is 194. The number of hydrogen-bond donors (Lipinski definition) is 0. The van der Waals surface area contributed by atoms with Crippen LogP contribution in [0.25, 0.3) is 0 Å². The molecule has 0 aliphatic rings. The first kappa shape index (κ1) is 15.8. The number of rotatable bonds is 8. The fourth-order valence-electron chi connectivity index (χ4n) is 1.25. The molecule has 0 heterocycles. The van der Waals surface area contributed by atoms with E-state index in [1.54, 1.807) is 0 Å². The highest BCUT2D eigenvalue weighted by Crippen LogP contribution is 2.32. The molecule has 0 aromatic rings. The molecule has 0 aliphatic heterocycles. The predicted molar refractivity (Wildman–Crippen MR) is 68.3 cm³/mol. The van der Waals surface area contributed by atoms with Crippen LogP contribution in [0.2, 0.25) is 0 Å². The van der Waals surface area contributed by atoms with Crippen LogP contribution in [0, 0.1) is 0 Å². The zero-order chi connectivity index (χ0) is 11.9. The molecule has 1 nitrogen and oxygen atoms in total. The molecule has 0 aromatic heterocycles. The zero-order valence-corrected chi connectivity index (χ0v) is 11.8. The Morgan fingerprint density at radius 2 is 1.87 bits per heavy atom. The molecule has 90 valence electrons. The minimum atomic E-state index is -1.54. The van der Waals surface area contributed by atoms with Gasteiger partial charge in [0.05, 0.1) is 0 Å². The maximum Gasteiger partial charge on any atom is 0.257 e. The molecule has 0 fully saturated rings. The summed E-state index contributed by atoms with van der Waals surface area (Å²) in [5.74, 6) is 0.